The molecule has 2 heterocycles. The second-order valence-electron chi connectivity index (χ2n) is 6.87. The maximum Gasteiger partial charge on any atom is 0.286 e. The fourth-order valence-electron chi connectivity index (χ4n) is 3.21. The van der Waals surface area contributed by atoms with Crippen LogP contribution in [-0.2, 0) is 6.61 Å². The molecule has 3 rings (SSSR count). The summed E-state index contributed by atoms with van der Waals surface area (Å²) in [7, 11) is 0. The highest BCUT2D eigenvalue weighted by Crippen LogP contribution is 2.15. The van der Waals surface area contributed by atoms with Crippen molar-refractivity contribution in [2.24, 2.45) is 0 Å². The van der Waals surface area contributed by atoms with Crippen molar-refractivity contribution < 1.29 is 18.3 Å². The lowest BCUT2D eigenvalue weighted by atomic mass is 10.2. The molecule has 0 radical (unpaired) electrons. The lowest BCUT2D eigenvalue weighted by Crippen LogP contribution is -2.30. The highest BCUT2D eigenvalue weighted by atomic mass is 19.1. The molecule has 1 fully saturated rings. The summed E-state index contributed by atoms with van der Waals surface area (Å²) in [6.07, 6.45) is 6.16. The molecule has 1 aliphatic heterocycles. The van der Waals surface area contributed by atoms with Gasteiger partial charge in [-0.15, -0.1) is 0 Å². The normalized spacial score (nSPS) is 15.3. The average Bonchev–Trinajstić information content (AvgIpc) is 3.00. The Morgan fingerprint density at radius 3 is 2.56 bits per heavy atom. The molecule has 1 aromatic heterocycles. The highest BCUT2D eigenvalue weighted by Gasteiger charge is 2.12. The van der Waals surface area contributed by atoms with Gasteiger partial charge >= 0.3 is 0 Å². The summed E-state index contributed by atoms with van der Waals surface area (Å²) >= 11 is 0. The Labute approximate surface area is 159 Å². The van der Waals surface area contributed by atoms with Gasteiger partial charge in [0.25, 0.3) is 5.91 Å². The van der Waals surface area contributed by atoms with Crippen LogP contribution in [0.1, 0.15) is 48.4 Å². The van der Waals surface area contributed by atoms with Gasteiger partial charge in [-0.3, -0.25) is 4.79 Å². The molecule has 0 unspecified atom stereocenters. The predicted octanol–water partition coefficient (Wildman–Crippen LogP) is 3.99. The van der Waals surface area contributed by atoms with Crippen molar-refractivity contribution in [3.63, 3.8) is 0 Å². The Morgan fingerprint density at radius 2 is 1.81 bits per heavy atom. The third-order valence-corrected chi connectivity index (χ3v) is 4.72. The number of nitrogens with one attached hydrogen (secondary N) is 1. The van der Waals surface area contributed by atoms with Gasteiger partial charge in [-0.2, -0.15) is 0 Å². The number of carbonyl (C=O) groups excluding carboxylic acids is 1. The van der Waals surface area contributed by atoms with Gasteiger partial charge in [0, 0.05) is 6.54 Å². The van der Waals surface area contributed by atoms with Crippen molar-refractivity contribution in [2.45, 2.75) is 38.7 Å². The first-order valence-electron chi connectivity index (χ1n) is 9.68. The number of nitrogens with zero attached hydrogens (tertiary/aromatic N) is 1. The number of benzene rings is 1. The number of hydrogen-bond acceptors (Lipinski definition) is 4. The summed E-state index contributed by atoms with van der Waals surface area (Å²) in [4.78, 5) is 14.7. The molecule has 0 bridgehead atoms. The molecule has 0 saturated carbocycles. The van der Waals surface area contributed by atoms with E-state index in [-0.39, 0.29) is 24.1 Å². The molecule has 1 amide bonds. The van der Waals surface area contributed by atoms with Crippen molar-refractivity contribution in [3.8, 4) is 5.75 Å². The first kappa shape index (κ1) is 19.4. The van der Waals surface area contributed by atoms with Crippen molar-refractivity contribution >= 4 is 5.91 Å². The molecule has 6 heteroatoms. The Bertz CT molecular complexity index is 706. The third-order valence-electron chi connectivity index (χ3n) is 4.72. The minimum Gasteiger partial charge on any atom is -0.486 e. The minimum atomic E-state index is -0.310. The molecular weight excluding hydrogens is 347 g/mol. The Balaban J connectivity index is 1.37. The molecule has 0 atom stereocenters. The first-order chi connectivity index (χ1) is 13.2. The monoisotopic (exact) mass is 374 g/mol. The summed E-state index contributed by atoms with van der Waals surface area (Å²) in [5.74, 6) is 0.859. The molecular formula is C21H27FN2O3. The quantitative estimate of drug-likeness (QED) is 0.710. The largest absolute Gasteiger partial charge is 0.486 e. The summed E-state index contributed by atoms with van der Waals surface area (Å²) in [5.41, 5.74) is 0. The van der Waals surface area contributed by atoms with E-state index in [0.29, 0.717) is 18.1 Å². The van der Waals surface area contributed by atoms with Gasteiger partial charge in [-0.05, 0) is 75.3 Å². The van der Waals surface area contributed by atoms with Crippen LogP contribution in [-0.4, -0.2) is 37.0 Å². The van der Waals surface area contributed by atoms with Crippen LogP contribution < -0.4 is 10.1 Å². The van der Waals surface area contributed by atoms with E-state index in [1.807, 2.05) is 0 Å². The summed E-state index contributed by atoms with van der Waals surface area (Å²) < 4.78 is 23.9. The number of carbonyl (C=O) groups is 1. The zero-order chi connectivity index (χ0) is 18.9. The molecule has 0 spiro atoms. The molecule has 1 N–H and O–H groups in total. The number of ether oxygens (including phenoxy) is 1. The van der Waals surface area contributed by atoms with Crippen LogP contribution >= 0.6 is 0 Å². The van der Waals surface area contributed by atoms with E-state index in [4.69, 9.17) is 9.15 Å². The van der Waals surface area contributed by atoms with E-state index in [1.54, 1.807) is 24.3 Å². The smallest absolute Gasteiger partial charge is 0.286 e. The molecule has 5 nitrogen and oxygen atoms in total. The zero-order valence-corrected chi connectivity index (χ0v) is 15.6. The van der Waals surface area contributed by atoms with E-state index >= 15 is 0 Å². The minimum absolute atomic E-state index is 0.188. The van der Waals surface area contributed by atoms with E-state index in [1.165, 1.54) is 50.9 Å². The van der Waals surface area contributed by atoms with Crippen LogP contribution in [0.5, 0.6) is 5.75 Å². The number of halogens is 1. The Hall–Kier alpha value is -2.34. The Morgan fingerprint density at radius 1 is 1.07 bits per heavy atom. The van der Waals surface area contributed by atoms with Crippen molar-refractivity contribution in [2.75, 3.05) is 26.2 Å². The third kappa shape index (κ3) is 6.40. The highest BCUT2D eigenvalue weighted by molar-refractivity contribution is 5.91. The van der Waals surface area contributed by atoms with E-state index in [9.17, 15) is 9.18 Å². The standard InChI is InChI=1S/C21H27FN2O3/c22-17-6-8-18(9-7-17)26-16-19-10-11-20(27-19)21(25)23-12-5-15-24-13-3-1-2-4-14-24/h6-11H,1-5,12-16H2,(H,23,25). The maximum atomic E-state index is 12.9. The van der Waals surface area contributed by atoms with Gasteiger partial charge in [0.1, 0.15) is 23.9 Å². The second kappa shape index (κ2) is 10.1. The summed E-state index contributed by atoms with van der Waals surface area (Å²) in [5, 5.41) is 2.91. The molecule has 1 aliphatic rings. The molecule has 1 saturated heterocycles. The van der Waals surface area contributed by atoms with Crippen LogP contribution in [0, 0.1) is 5.82 Å². The molecule has 146 valence electrons. The molecule has 27 heavy (non-hydrogen) atoms. The fourth-order valence-corrected chi connectivity index (χ4v) is 3.21. The van der Waals surface area contributed by atoms with Crippen LogP contribution in [0.3, 0.4) is 0 Å². The van der Waals surface area contributed by atoms with Crippen molar-refractivity contribution in [1.29, 1.82) is 0 Å². The Kier molecular flexibility index (Phi) is 7.27. The van der Waals surface area contributed by atoms with Gasteiger partial charge in [-0.25, -0.2) is 4.39 Å². The van der Waals surface area contributed by atoms with E-state index in [2.05, 4.69) is 10.2 Å². The topological polar surface area (TPSA) is 54.7 Å². The summed E-state index contributed by atoms with van der Waals surface area (Å²) in [6.45, 7) is 4.19. The van der Waals surface area contributed by atoms with Crippen LogP contribution in [0.25, 0.3) is 0 Å². The van der Waals surface area contributed by atoms with E-state index < -0.39 is 0 Å². The molecule has 1 aromatic carbocycles. The maximum absolute atomic E-state index is 12.9. The number of amides is 1. The number of likely N-dealkylation sites (tertiary alicyclic amines) is 1. The van der Waals surface area contributed by atoms with Gasteiger partial charge in [0.05, 0.1) is 0 Å². The molecule has 2 aromatic rings. The van der Waals surface area contributed by atoms with Gasteiger partial charge in [0.15, 0.2) is 5.76 Å². The van der Waals surface area contributed by atoms with E-state index in [0.717, 1.165) is 13.0 Å². The second-order valence-corrected chi connectivity index (χ2v) is 6.87. The zero-order valence-electron chi connectivity index (χ0n) is 15.6. The van der Waals surface area contributed by atoms with Crippen LogP contribution in [0.4, 0.5) is 4.39 Å². The van der Waals surface area contributed by atoms with Gasteiger partial charge in [-0.1, -0.05) is 12.8 Å². The number of furan rings is 1. The van der Waals surface area contributed by atoms with Gasteiger partial charge in [0.2, 0.25) is 0 Å². The number of hydrogen-bond donors (Lipinski definition) is 1. The van der Waals surface area contributed by atoms with Crippen molar-refractivity contribution in [1.82, 2.24) is 10.2 Å². The number of rotatable bonds is 8. The lowest BCUT2D eigenvalue weighted by Gasteiger charge is -2.19. The lowest BCUT2D eigenvalue weighted by molar-refractivity contribution is 0.0920. The van der Waals surface area contributed by atoms with Gasteiger partial charge < -0.3 is 19.4 Å². The average molecular weight is 374 g/mol. The SMILES string of the molecule is O=C(NCCCN1CCCCCC1)c1ccc(COc2ccc(F)cc2)o1. The summed E-state index contributed by atoms with van der Waals surface area (Å²) in [6, 6.07) is 9.14. The predicted molar refractivity (Wildman–Crippen MR) is 101 cm³/mol. The molecule has 0 aliphatic carbocycles. The van der Waals surface area contributed by atoms with Crippen molar-refractivity contribution in [3.05, 3.63) is 53.7 Å². The fraction of sp³-hybridized carbons (Fsp3) is 0.476. The first-order valence-corrected chi connectivity index (χ1v) is 9.68. The van der Waals surface area contributed by atoms with Crippen LogP contribution in [0.2, 0.25) is 0 Å². The van der Waals surface area contributed by atoms with Crippen LogP contribution in [0.15, 0.2) is 40.8 Å².